The maximum atomic E-state index is 2.44. The fraction of sp³-hybridized carbons (Fsp3) is 0.105. The minimum absolute atomic E-state index is 0.300. The van der Waals surface area contributed by atoms with Crippen LogP contribution in [0.1, 0.15) is 29.5 Å². The van der Waals surface area contributed by atoms with Crippen molar-refractivity contribution in [2.75, 3.05) is 11.9 Å². The molecule has 1 nitrogen and oxygen atoms in total. The zero-order chi connectivity index (χ0) is 26.2. The van der Waals surface area contributed by atoms with Gasteiger partial charge in [0.1, 0.15) is 0 Å². The first-order chi connectivity index (χ1) is 19.3. The standard InChI is InChI=1S/C38H31N/c1-39(32-23-21-29(22-24-32)28-13-5-2-6-14-28)33-25-26-35-34-19-11-12-20-36(34)38(37(35)27-33,30-15-7-3-8-16-30)31-17-9-4-10-18-31/h2-9,11-17,19-27H,10,18H2,1H3. The molecule has 0 spiro atoms. The third-order valence-electron chi connectivity index (χ3n) is 8.48. The highest BCUT2D eigenvalue weighted by atomic mass is 15.1. The molecule has 0 aliphatic heterocycles. The fourth-order valence-corrected chi connectivity index (χ4v) is 6.58. The van der Waals surface area contributed by atoms with Crippen LogP contribution in [0.2, 0.25) is 0 Å². The van der Waals surface area contributed by atoms with Gasteiger partial charge in [-0.15, -0.1) is 0 Å². The maximum Gasteiger partial charge on any atom is 0.0677 e. The summed E-state index contributed by atoms with van der Waals surface area (Å²) in [5.41, 5.74) is 12.8. The van der Waals surface area contributed by atoms with E-state index in [1.807, 2.05) is 0 Å². The van der Waals surface area contributed by atoms with Crippen molar-refractivity contribution in [2.45, 2.75) is 18.3 Å². The summed E-state index contributed by atoms with van der Waals surface area (Å²) in [7, 11) is 2.17. The lowest BCUT2D eigenvalue weighted by atomic mass is 9.65. The zero-order valence-electron chi connectivity index (χ0n) is 22.2. The predicted octanol–water partition coefficient (Wildman–Crippen LogP) is 9.71. The number of fused-ring (bicyclic) bond motifs is 3. The van der Waals surface area contributed by atoms with Crippen molar-refractivity contribution >= 4 is 11.4 Å². The van der Waals surface area contributed by atoms with Gasteiger partial charge in [0.05, 0.1) is 5.41 Å². The van der Waals surface area contributed by atoms with Gasteiger partial charge < -0.3 is 4.90 Å². The molecule has 0 aromatic heterocycles. The smallest absolute Gasteiger partial charge is 0.0677 e. The normalized spacial score (nSPS) is 17.3. The molecule has 2 aliphatic carbocycles. The fourth-order valence-electron chi connectivity index (χ4n) is 6.58. The molecule has 2 aliphatic rings. The predicted molar refractivity (Wildman–Crippen MR) is 165 cm³/mol. The molecule has 39 heavy (non-hydrogen) atoms. The van der Waals surface area contributed by atoms with E-state index >= 15 is 0 Å². The van der Waals surface area contributed by atoms with Crippen molar-refractivity contribution in [3.8, 4) is 22.3 Å². The van der Waals surface area contributed by atoms with Gasteiger partial charge >= 0.3 is 0 Å². The second-order valence-corrected chi connectivity index (χ2v) is 10.5. The van der Waals surface area contributed by atoms with Gasteiger partial charge in [0, 0.05) is 18.4 Å². The maximum absolute atomic E-state index is 2.44. The molecular formula is C38H31N. The van der Waals surface area contributed by atoms with E-state index in [0.717, 1.165) is 12.8 Å². The van der Waals surface area contributed by atoms with E-state index in [4.69, 9.17) is 0 Å². The first-order valence-electron chi connectivity index (χ1n) is 13.8. The number of allylic oxidation sites excluding steroid dienone is 4. The van der Waals surface area contributed by atoms with Crippen LogP contribution in [-0.4, -0.2) is 7.05 Å². The molecular weight excluding hydrogens is 470 g/mol. The molecule has 1 heteroatoms. The third-order valence-corrected chi connectivity index (χ3v) is 8.48. The lowest BCUT2D eigenvalue weighted by molar-refractivity contribution is 0.693. The largest absolute Gasteiger partial charge is 0.345 e. The molecule has 1 atom stereocenters. The topological polar surface area (TPSA) is 3.24 Å². The molecule has 0 amide bonds. The Hall–Kier alpha value is -4.62. The molecule has 0 N–H and O–H groups in total. The van der Waals surface area contributed by atoms with Gasteiger partial charge in [-0.2, -0.15) is 0 Å². The number of rotatable bonds is 5. The molecule has 1 unspecified atom stereocenters. The Bertz CT molecular complexity index is 1690. The van der Waals surface area contributed by atoms with E-state index in [2.05, 4.69) is 158 Å². The molecule has 0 bridgehead atoms. The lowest BCUT2D eigenvalue weighted by Gasteiger charge is -2.37. The Morgan fingerprint density at radius 3 is 1.97 bits per heavy atom. The van der Waals surface area contributed by atoms with Crippen molar-refractivity contribution in [1.82, 2.24) is 0 Å². The first-order valence-corrected chi connectivity index (χ1v) is 13.8. The second-order valence-electron chi connectivity index (χ2n) is 10.5. The van der Waals surface area contributed by atoms with Crippen molar-refractivity contribution in [3.63, 3.8) is 0 Å². The molecule has 5 aromatic rings. The van der Waals surface area contributed by atoms with E-state index in [0.29, 0.717) is 0 Å². The number of benzene rings is 5. The molecule has 0 fully saturated rings. The summed E-state index contributed by atoms with van der Waals surface area (Å²) in [4.78, 5) is 2.31. The summed E-state index contributed by atoms with van der Waals surface area (Å²) < 4.78 is 0. The van der Waals surface area contributed by atoms with Crippen LogP contribution in [0.3, 0.4) is 0 Å². The van der Waals surface area contributed by atoms with Gasteiger partial charge in [-0.1, -0.05) is 127 Å². The lowest BCUT2D eigenvalue weighted by Crippen LogP contribution is -2.30. The Balaban J connectivity index is 1.38. The van der Waals surface area contributed by atoms with Crippen LogP contribution in [0.5, 0.6) is 0 Å². The Labute approximate surface area is 231 Å². The Kier molecular flexibility index (Phi) is 5.78. The average molecular weight is 502 g/mol. The summed E-state index contributed by atoms with van der Waals surface area (Å²) in [5.74, 6) is 0. The molecule has 7 rings (SSSR count). The monoisotopic (exact) mass is 501 g/mol. The van der Waals surface area contributed by atoms with Gasteiger partial charge in [-0.25, -0.2) is 0 Å². The highest BCUT2D eigenvalue weighted by Gasteiger charge is 2.47. The molecule has 0 saturated heterocycles. The van der Waals surface area contributed by atoms with Crippen LogP contribution < -0.4 is 4.90 Å². The molecule has 0 saturated carbocycles. The number of hydrogen-bond acceptors (Lipinski definition) is 1. The van der Waals surface area contributed by atoms with Crippen LogP contribution in [0.4, 0.5) is 11.4 Å². The van der Waals surface area contributed by atoms with Crippen molar-refractivity contribution in [1.29, 1.82) is 0 Å². The van der Waals surface area contributed by atoms with E-state index in [1.165, 1.54) is 55.9 Å². The van der Waals surface area contributed by atoms with E-state index < -0.39 is 0 Å². The highest BCUT2D eigenvalue weighted by Crippen LogP contribution is 2.58. The van der Waals surface area contributed by atoms with Gasteiger partial charge in [-0.05, 0) is 76.1 Å². The SMILES string of the molecule is CN(c1ccc(-c2ccccc2)cc1)c1ccc2c(c1)C(C1=CC=CCC1)(c1ccccc1)c1ccccc1-2. The molecule has 0 heterocycles. The van der Waals surface area contributed by atoms with Gasteiger partial charge in [0.15, 0.2) is 0 Å². The van der Waals surface area contributed by atoms with Gasteiger partial charge in [-0.3, -0.25) is 0 Å². The second kappa shape index (κ2) is 9.60. The number of nitrogens with zero attached hydrogens (tertiary/aromatic N) is 1. The van der Waals surface area contributed by atoms with E-state index in [9.17, 15) is 0 Å². The quantitative estimate of drug-likeness (QED) is 0.232. The van der Waals surface area contributed by atoms with Crippen LogP contribution in [-0.2, 0) is 5.41 Å². The summed E-state index contributed by atoms with van der Waals surface area (Å²) in [6.07, 6.45) is 9.02. The van der Waals surface area contributed by atoms with Crippen LogP contribution in [0.15, 0.2) is 151 Å². The van der Waals surface area contributed by atoms with Crippen molar-refractivity contribution in [2.24, 2.45) is 0 Å². The Morgan fingerprint density at radius 2 is 1.23 bits per heavy atom. The highest BCUT2D eigenvalue weighted by molar-refractivity contribution is 5.88. The number of hydrogen-bond donors (Lipinski definition) is 0. The summed E-state index contributed by atoms with van der Waals surface area (Å²) in [5, 5.41) is 0. The minimum atomic E-state index is -0.300. The molecule has 5 aromatic carbocycles. The first kappa shape index (κ1) is 23.5. The van der Waals surface area contributed by atoms with Crippen molar-refractivity contribution < 1.29 is 0 Å². The van der Waals surface area contributed by atoms with Crippen molar-refractivity contribution in [3.05, 3.63) is 168 Å². The minimum Gasteiger partial charge on any atom is -0.345 e. The van der Waals surface area contributed by atoms with E-state index in [-0.39, 0.29) is 5.41 Å². The molecule has 0 radical (unpaired) electrons. The van der Waals surface area contributed by atoms with Crippen LogP contribution in [0, 0.1) is 0 Å². The Morgan fingerprint density at radius 1 is 0.590 bits per heavy atom. The summed E-state index contributed by atoms with van der Waals surface area (Å²) in [6.45, 7) is 0. The van der Waals surface area contributed by atoms with Crippen LogP contribution >= 0.6 is 0 Å². The summed E-state index contributed by atoms with van der Waals surface area (Å²) in [6, 6.07) is 46.6. The van der Waals surface area contributed by atoms with Gasteiger partial charge in [0.2, 0.25) is 0 Å². The summed E-state index contributed by atoms with van der Waals surface area (Å²) >= 11 is 0. The van der Waals surface area contributed by atoms with Gasteiger partial charge in [0.25, 0.3) is 0 Å². The average Bonchev–Trinajstić information content (AvgIpc) is 3.32. The molecule has 188 valence electrons. The van der Waals surface area contributed by atoms with Crippen LogP contribution in [0.25, 0.3) is 22.3 Å². The van der Waals surface area contributed by atoms with E-state index in [1.54, 1.807) is 0 Å². The zero-order valence-corrected chi connectivity index (χ0v) is 22.2. The number of anilines is 2. The third kappa shape index (κ3) is 3.77.